The normalized spacial score (nSPS) is 11.6. The van der Waals surface area contributed by atoms with Crippen molar-refractivity contribution in [3.63, 3.8) is 0 Å². The number of nitrogens with zero attached hydrogens (tertiary/aromatic N) is 1. The standard InChI is InChI=1S/C12H14N2O6/c1-7(15)13-10-4-3-8(12(17)20-2)5-9(10)11(16)6-14(18)19/h3-5,11,16H,6H2,1-2H3,(H,13,15). The van der Waals surface area contributed by atoms with Crippen LogP contribution in [0.25, 0.3) is 0 Å². The van der Waals surface area contributed by atoms with Gasteiger partial charge in [0.2, 0.25) is 12.5 Å². The van der Waals surface area contributed by atoms with E-state index in [1.165, 1.54) is 32.2 Å². The van der Waals surface area contributed by atoms with Crippen LogP contribution in [0.1, 0.15) is 28.9 Å². The summed E-state index contributed by atoms with van der Waals surface area (Å²) < 4.78 is 4.53. The molecule has 0 spiro atoms. The van der Waals surface area contributed by atoms with E-state index in [0.29, 0.717) is 0 Å². The van der Waals surface area contributed by atoms with Crippen molar-refractivity contribution >= 4 is 17.6 Å². The number of ether oxygens (including phenoxy) is 1. The fourth-order valence-corrected chi connectivity index (χ4v) is 1.63. The lowest BCUT2D eigenvalue weighted by molar-refractivity contribution is -0.491. The second-order valence-electron chi connectivity index (χ2n) is 4.01. The molecule has 0 aliphatic heterocycles. The molecule has 1 unspecified atom stereocenters. The van der Waals surface area contributed by atoms with Gasteiger partial charge in [0.1, 0.15) is 6.10 Å². The zero-order valence-corrected chi connectivity index (χ0v) is 11.0. The zero-order chi connectivity index (χ0) is 15.3. The van der Waals surface area contributed by atoms with E-state index in [0.717, 1.165) is 0 Å². The van der Waals surface area contributed by atoms with Crippen LogP contribution in [0.3, 0.4) is 0 Å². The second-order valence-corrected chi connectivity index (χ2v) is 4.01. The first-order valence-corrected chi connectivity index (χ1v) is 5.65. The van der Waals surface area contributed by atoms with Gasteiger partial charge in [-0.25, -0.2) is 4.79 Å². The van der Waals surface area contributed by atoms with E-state index in [1.54, 1.807) is 0 Å². The Morgan fingerprint density at radius 2 is 2.15 bits per heavy atom. The number of nitrogens with one attached hydrogen (secondary N) is 1. The lowest BCUT2D eigenvalue weighted by atomic mass is 10.0. The SMILES string of the molecule is COC(=O)c1ccc(NC(C)=O)c(C(O)C[N+](=O)[O-])c1. The van der Waals surface area contributed by atoms with Crippen LogP contribution < -0.4 is 5.32 Å². The molecule has 20 heavy (non-hydrogen) atoms. The van der Waals surface area contributed by atoms with Gasteiger partial charge < -0.3 is 15.2 Å². The molecule has 8 nitrogen and oxygen atoms in total. The van der Waals surface area contributed by atoms with Gasteiger partial charge in [0, 0.05) is 23.1 Å². The van der Waals surface area contributed by atoms with Crippen LogP contribution in [-0.2, 0) is 9.53 Å². The quantitative estimate of drug-likeness (QED) is 0.467. The third kappa shape index (κ3) is 4.02. The smallest absolute Gasteiger partial charge is 0.337 e. The molecule has 0 saturated carbocycles. The second kappa shape index (κ2) is 6.62. The fourth-order valence-electron chi connectivity index (χ4n) is 1.63. The number of hydrogen-bond donors (Lipinski definition) is 2. The minimum absolute atomic E-state index is 0.0831. The molecule has 0 aromatic heterocycles. The molecule has 1 amide bonds. The molecule has 0 aliphatic carbocycles. The fraction of sp³-hybridized carbons (Fsp3) is 0.333. The van der Waals surface area contributed by atoms with Crippen molar-refractivity contribution in [2.75, 3.05) is 19.0 Å². The average Bonchev–Trinajstić information content (AvgIpc) is 2.36. The number of amides is 1. The molecule has 1 aromatic carbocycles. The summed E-state index contributed by atoms with van der Waals surface area (Å²) in [6.07, 6.45) is -1.45. The summed E-state index contributed by atoms with van der Waals surface area (Å²) in [5.74, 6) is -1.04. The molecule has 1 rings (SSSR count). The van der Waals surface area contributed by atoms with E-state index in [9.17, 15) is 24.8 Å². The Morgan fingerprint density at radius 3 is 2.65 bits per heavy atom. The van der Waals surface area contributed by atoms with Crippen LogP contribution in [0.4, 0.5) is 5.69 Å². The first-order chi connectivity index (χ1) is 9.35. The molecule has 2 N–H and O–H groups in total. The van der Waals surface area contributed by atoms with Crippen molar-refractivity contribution in [1.29, 1.82) is 0 Å². The van der Waals surface area contributed by atoms with E-state index >= 15 is 0 Å². The van der Waals surface area contributed by atoms with Crippen molar-refractivity contribution < 1.29 is 24.4 Å². The topological polar surface area (TPSA) is 119 Å². The number of methoxy groups -OCH3 is 1. The number of hydrogen-bond acceptors (Lipinski definition) is 6. The summed E-state index contributed by atoms with van der Waals surface area (Å²) >= 11 is 0. The Morgan fingerprint density at radius 1 is 1.50 bits per heavy atom. The molecular weight excluding hydrogens is 268 g/mol. The van der Waals surface area contributed by atoms with Crippen molar-refractivity contribution in [3.8, 4) is 0 Å². The van der Waals surface area contributed by atoms with Gasteiger partial charge in [0.05, 0.1) is 12.7 Å². The molecule has 108 valence electrons. The summed E-state index contributed by atoms with van der Waals surface area (Å²) in [6.45, 7) is 0.523. The van der Waals surface area contributed by atoms with E-state index in [1.807, 2.05) is 0 Å². The summed E-state index contributed by atoms with van der Waals surface area (Å²) in [4.78, 5) is 32.3. The maximum absolute atomic E-state index is 11.4. The number of esters is 1. The van der Waals surface area contributed by atoms with Gasteiger partial charge in [-0.1, -0.05) is 0 Å². The van der Waals surface area contributed by atoms with Gasteiger partial charge in [-0.3, -0.25) is 14.9 Å². The zero-order valence-electron chi connectivity index (χ0n) is 11.0. The summed E-state index contributed by atoms with van der Waals surface area (Å²) in [5.41, 5.74) is 0.415. The monoisotopic (exact) mass is 282 g/mol. The van der Waals surface area contributed by atoms with Gasteiger partial charge in [0.15, 0.2) is 0 Å². The molecule has 0 bridgehead atoms. The van der Waals surface area contributed by atoms with E-state index in [-0.39, 0.29) is 16.8 Å². The molecule has 0 fully saturated rings. The van der Waals surface area contributed by atoms with Crippen LogP contribution >= 0.6 is 0 Å². The van der Waals surface area contributed by atoms with Crippen LogP contribution in [0.5, 0.6) is 0 Å². The van der Waals surface area contributed by atoms with Gasteiger partial charge in [0.25, 0.3) is 0 Å². The first-order valence-electron chi connectivity index (χ1n) is 5.65. The Kier molecular flexibility index (Phi) is 5.15. The summed E-state index contributed by atoms with van der Waals surface area (Å²) in [6, 6.07) is 4.02. The van der Waals surface area contributed by atoms with Gasteiger partial charge in [-0.05, 0) is 18.2 Å². The third-order valence-electron chi connectivity index (χ3n) is 2.46. The number of benzene rings is 1. The Hall–Kier alpha value is -2.48. The molecule has 0 heterocycles. The molecular formula is C12H14N2O6. The van der Waals surface area contributed by atoms with Crippen LogP contribution in [0, 0.1) is 10.1 Å². The first kappa shape index (κ1) is 15.6. The predicted octanol–water partition coefficient (Wildman–Crippen LogP) is 0.742. The predicted molar refractivity (Wildman–Crippen MR) is 68.9 cm³/mol. The number of carbonyl (C=O) groups is 2. The molecule has 0 aliphatic rings. The molecule has 0 saturated heterocycles. The Bertz CT molecular complexity index is 543. The maximum Gasteiger partial charge on any atom is 0.337 e. The van der Waals surface area contributed by atoms with Crippen molar-refractivity contribution in [3.05, 3.63) is 39.4 Å². The van der Waals surface area contributed by atoms with Gasteiger partial charge in [-0.15, -0.1) is 0 Å². The molecule has 8 heteroatoms. The number of aliphatic hydroxyl groups excluding tert-OH is 1. The van der Waals surface area contributed by atoms with Crippen LogP contribution in [-0.4, -0.2) is 35.6 Å². The van der Waals surface area contributed by atoms with Crippen molar-refractivity contribution in [1.82, 2.24) is 0 Å². The van der Waals surface area contributed by atoms with Crippen LogP contribution in [0.2, 0.25) is 0 Å². The van der Waals surface area contributed by atoms with E-state index < -0.39 is 29.4 Å². The molecule has 0 radical (unpaired) electrons. The number of carbonyl (C=O) groups excluding carboxylic acids is 2. The summed E-state index contributed by atoms with van der Waals surface area (Å²) in [7, 11) is 1.19. The molecule has 1 atom stereocenters. The van der Waals surface area contributed by atoms with Gasteiger partial charge >= 0.3 is 5.97 Å². The highest BCUT2D eigenvalue weighted by Crippen LogP contribution is 2.25. The van der Waals surface area contributed by atoms with Crippen LogP contribution in [0.15, 0.2) is 18.2 Å². The Labute approximate surface area is 114 Å². The Balaban J connectivity index is 3.21. The van der Waals surface area contributed by atoms with E-state index in [2.05, 4.69) is 10.1 Å². The van der Waals surface area contributed by atoms with Crippen molar-refractivity contribution in [2.45, 2.75) is 13.0 Å². The lowest BCUT2D eigenvalue weighted by Gasteiger charge is -2.14. The molecule has 1 aromatic rings. The van der Waals surface area contributed by atoms with E-state index in [4.69, 9.17) is 0 Å². The number of aliphatic hydroxyl groups is 1. The minimum atomic E-state index is -1.45. The lowest BCUT2D eigenvalue weighted by Crippen LogP contribution is -2.16. The maximum atomic E-state index is 11.4. The largest absolute Gasteiger partial charge is 0.465 e. The highest BCUT2D eigenvalue weighted by molar-refractivity contribution is 5.93. The third-order valence-corrected chi connectivity index (χ3v) is 2.46. The number of anilines is 1. The number of rotatable bonds is 5. The van der Waals surface area contributed by atoms with Gasteiger partial charge in [-0.2, -0.15) is 0 Å². The average molecular weight is 282 g/mol. The van der Waals surface area contributed by atoms with Crippen molar-refractivity contribution in [2.24, 2.45) is 0 Å². The highest BCUT2D eigenvalue weighted by atomic mass is 16.6. The highest BCUT2D eigenvalue weighted by Gasteiger charge is 2.20. The summed E-state index contributed by atoms with van der Waals surface area (Å²) in [5, 5.41) is 22.7. The number of nitro groups is 1. The minimum Gasteiger partial charge on any atom is -0.465 e.